The number of nitrogens with two attached hydrogens (primary N) is 1. The van der Waals surface area contributed by atoms with E-state index in [-0.39, 0.29) is 0 Å². The zero-order valence-corrected chi connectivity index (χ0v) is 21.2. The summed E-state index contributed by atoms with van der Waals surface area (Å²) in [6.07, 6.45) is 0. The average molecular weight is 497 g/mol. The minimum atomic E-state index is 0.477. The van der Waals surface area contributed by atoms with E-state index in [0.29, 0.717) is 23.7 Å². The fourth-order valence-electron chi connectivity index (χ4n) is 2.92. The van der Waals surface area contributed by atoms with Crippen LogP contribution in [-0.4, -0.2) is 0 Å². The molecule has 0 spiro atoms. The van der Waals surface area contributed by atoms with Crippen LogP contribution in [0.25, 0.3) is 0 Å². The quantitative estimate of drug-likeness (QED) is 0.419. The third-order valence-electron chi connectivity index (χ3n) is 4.73. The summed E-state index contributed by atoms with van der Waals surface area (Å²) >= 11 is 7.08. The highest BCUT2D eigenvalue weighted by Gasteiger charge is 2.12. The SMILES string of the molecule is CC(C)c1cc(Br)cc(C(C)C)c1.CC(C)c1cc(Br)cc(C(C)C)c1N. The first-order valence-corrected chi connectivity index (χ1v) is 11.4. The van der Waals surface area contributed by atoms with Crippen LogP contribution in [0, 0.1) is 0 Å². The molecule has 0 atom stereocenters. The molecule has 150 valence electrons. The van der Waals surface area contributed by atoms with Crippen molar-refractivity contribution in [2.75, 3.05) is 5.73 Å². The lowest BCUT2D eigenvalue weighted by Gasteiger charge is -2.16. The van der Waals surface area contributed by atoms with Gasteiger partial charge >= 0.3 is 0 Å². The molecular formula is C24H35Br2N. The molecule has 0 radical (unpaired) electrons. The van der Waals surface area contributed by atoms with E-state index in [2.05, 4.69) is 118 Å². The van der Waals surface area contributed by atoms with Crippen molar-refractivity contribution in [3.05, 3.63) is 61.5 Å². The van der Waals surface area contributed by atoms with E-state index in [1.54, 1.807) is 0 Å². The molecule has 0 heterocycles. The van der Waals surface area contributed by atoms with Crippen LogP contribution in [0.3, 0.4) is 0 Å². The molecule has 0 amide bonds. The standard InChI is InChI=1S/C12H18BrN.C12H17Br/c1-7(2)10-5-9(13)6-11(8(3)4)12(10)14;1-8(2)10-5-11(9(3)4)7-12(13)6-10/h5-8H,14H2,1-4H3;5-9H,1-4H3. The van der Waals surface area contributed by atoms with E-state index >= 15 is 0 Å². The van der Waals surface area contributed by atoms with Crippen molar-refractivity contribution >= 4 is 37.5 Å². The van der Waals surface area contributed by atoms with Crippen molar-refractivity contribution in [1.29, 1.82) is 0 Å². The van der Waals surface area contributed by atoms with Crippen LogP contribution in [0.15, 0.2) is 39.3 Å². The summed E-state index contributed by atoms with van der Waals surface area (Å²) in [7, 11) is 0. The Morgan fingerprint density at radius 1 is 0.556 bits per heavy atom. The highest BCUT2D eigenvalue weighted by atomic mass is 79.9. The minimum absolute atomic E-state index is 0.477. The summed E-state index contributed by atoms with van der Waals surface area (Å²) in [6, 6.07) is 10.9. The molecule has 0 fully saturated rings. The maximum Gasteiger partial charge on any atom is 0.0385 e. The molecule has 0 aliphatic carbocycles. The molecule has 0 aromatic heterocycles. The van der Waals surface area contributed by atoms with E-state index in [1.807, 2.05) is 0 Å². The molecule has 0 unspecified atom stereocenters. The number of halogens is 2. The molecule has 0 aliphatic heterocycles. The number of nitrogen functional groups attached to an aromatic ring is 1. The number of hydrogen-bond acceptors (Lipinski definition) is 1. The molecule has 0 saturated heterocycles. The van der Waals surface area contributed by atoms with Gasteiger partial charge < -0.3 is 5.73 Å². The van der Waals surface area contributed by atoms with Crippen LogP contribution in [0.5, 0.6) is 0 Å². The Kier molecular flexibility index (Phi) is 9.57. The van der Waals surface area contributed by atoms with Gasteiger partial charge in [0, 0.05) is 14.6 Å². The Morgan fingerprint density at radius 2 is 0.889 bits per heavy atom. The van der Waals surface area contributed by atoms with Crippen LogP contribution in [0.4, 0.5) is 5.69 Å². The first-order valence-electron chi connectivity index (χ1n) is 9.83. The predicted octanol–water partition coefficient (Wildman–Crippen LogP) is 8.97. The lowest BCUT2D eigenvalue weighted by Crippen LogP contribution is -2.03. The van der Waals surface area contributed by atoms with Crippen molar-refractivity contribution < 1.29 is 0 Å². The van der Waals surface area contributed by atoms with Crippen molar-refractivity contribution in [1.82, 2.24) is 0 Å². The van der Waals surface area contributed by atoms with Gasteiger partial charge in [-0.2, -0.15) is 0 Å². The molecule has 0 bridgehead atoms. The second-order valence-electron chi connectivity index (χ2n) is 8.43. The Bertz CT molecular complexity index is 691. The normalized spacial score (nSPS) is 11.3. The van der Waals surface area contributed by atoms with Crippen molar-refractivity contribution in [3.63, 3.8) is 0 Å². The molecule has 2 N–H and O–H groups in total. The number of anilines is 1. The van der Waals surface area contributed by atoms with Gasteiger partial charge in [0.2, 0.25) is 0 Å². The smallest absolute Gasteiger partial charge is 0.0385 e. The van der Waals surface area contributed by atoms with Crippen LogP contribution in [0.2, 0.25) is 0 Å². The van der Waals surface area contributed by atoms with Gasteiger partial charge in [0.1, 0.15) is 0 Å². The van der Waals surface area contributed by atoms with Gasteiger partial charge in [-0.1, -0.05) is 93.3 Å². The van der Waals surface area contributed by atoms with Gasteiger partial charge in [0.15, 0.2) is 0 Å². The van der Waals surface area contributed by atoms with Crippen LogP contribution in [0.1, 0.15) is 101 Å². The molecular weight excluding hydrogens is 462 g/mol. The van der Waals surface area contributed by atoms with E-state index in [9.17, 15) is 0 Å². The Labute approximate surface area is 183 Å². The Hall–Kier alpha value is -0.800. The third kappa shape index (κ3) is 7.27. The summed E-state index contributed by atoms with van der Waals surface area (Å²) in [4.78, 5) is 0. The largest absolute Gasteiger partial charge is 0.398 e. The fourth-order valence-corrected chi connectivity index (χ4v) is 3.94. The second-order valence-corrected chi connectivity index (χ2v) is 10.3. The number of rotatable bonds is 4. The molecule has 2 aromatic carbocycles. The molecule has 2 aromatic rings. The maximum atomic E-state index is 6.13. The molecule has 0 saturated carbocycles. The average Bonchev–Trinajstić information content (AvgIpc) is 2.56. The molecule has 27 heavy (non-hydrogen) atoms. The summed E-state index contributed by atoms with van der Waals surface area (Å²) < 4.78 is 2.32. The maximum absolute atomic E-state index is 6.13. The van der Waals surface area contributed by atoms with E-state index in [4.69, 9.17) is 5.73 Å². The number of benzene rings is 2. The van der Waals surface area contributed by atoms with Crippen LogP contribution in [-0.2, 0) is 0 Å². The zero-order valence-electron chi connectivity index (χ0n) is 18.0. The summed E-state index contributed by atoms with van der Waals surface area (Å²) in [5.41, 5.74) is 12.4. The van der Waals surface area contributed by atoms with Gasteiger partial charge in [-0.25, -0.2) is 0 Å². The van der Waals surface area contributed by atoms with Crippen LogP contribution >= 0.6 is 31.9 Å². The van der Waals surface area contributed by atoms with Gasteiger partial charge in [-0.15, -0.1) is 0 Å². The van der Waals surface area contributed by atoms with Crippen molar-refractivity contribution in [2.24, 2.45) is 0 Å². The van der Waals surface area contributed by atoms with Crippen molar-refractivity contribution in [3.8, 4) is 0 Å². The predicted molar refractivity (Wildman–Crippen MR) is 129 cm³/mol. The monoisotopic (exact) mass is 495 g/mol. The van der Waals surface area contributed by atoms with Gasteiger partial charge in [0.25, 0.3) is 0 Å². The van der Waals surface area contributed by atoms with Crippen LogP contribution < -0.4 is 5.73 Å². The lowest BCUT2D eigenvalue weighted by atomic mass is 9.93. The molecule has 2 rings (SSSR count). The Morgan fingerprint density at radius 3 is 1.19 bits per heavy atom. The summed E-state index contributed by atoms with van der Waals surface area (Å²) in [5.74, 6) is 2.17. The van der Waals surface area contributed by atoms with E-state index < -0.39 is 0 Å². The molecule has 3 heteroatoms. The van der Waals surface area contributed by atoms with E-state index in [1.165, 1.54) is 26.7 Å². The summed E-state index contributed by atoms with van der Waals surface area (Å²) in [6.45, 7) is 17.6. The van der Waals surface area contributed by atoms with Gasteiger partial charge in [-0.05, 0) is 70.2 Å². The Balaban J connectivity index is 0.000000271. The third-order valence-corrected chi connectivity index (χ3v) is 5.64. The highest BCUT2D eigenvalue weighted by Crippen LogP contribution is 2.33. The topological polar surface area (TPSA) is 26.0 Å². The first kappa shape index (κ1) is 24.2. The number of hydrogen-bond donors (Lipinski definition) is 1. The zero-order chi connectivity index (χ0) is 20.9. The second kappa shape index (κ2) is 10.7. The first-order chi connectivity index (χ1) is 12.4. The lowest BCUT2D eigenvalue weighted by molar-refractivity contribution is 0.832. The molecule has 1 nitrogen and oxygen atoms in total. The highest BCUT2D eigenvalue weighted by molar-refractivity contribution is 9.10. The van der Waals surface area contributed by atoms with Crippen molar-refractivity contribution in [2.45, 2.75) is 79.1 Å². The van der Waals surface area contributed by atoms with Gasteiger partial charge in [-0.3, -0.25) is 0 Å². The van der Waals surface area contributed by atoms with Gasteiger partial charge in [0.05, 0.1) is 0 Å². The minimum Gasteiger partial charge on any atom is -0.398 e. The fraction of sp³-hybridized carbons (Fsp3) is 0.500. The summed E-state index contributed by atoms with van der Waals surface area (Å²) in [5, 5.41) is 0. The molecule has 0 aliphatic rings. The van der Waals surface area contributed by atoms with E-state index in [0.717, 1.165) is 10.2 Å².